The third kappa shape index (κ3) is 4.64. The highest BCUT2D eigenvalue weighted by Crippen LogP contribution is 2.21. The molecule has 0 saturated heterocycles. The van der Waals surface area contributed by atoms with Gasteiger partial charge in [0, 0.05) is 38.3 Å². The van der Waals surface area contributed by atoms with Crippen molar-refractivity contribution in [2.24, 2.45) is 4.99 Å². The molecule has 1 atom stereocenters. The maximum atomic E-state index is 13.7. The smallest absolute Gasteiger partial charge is 0.191 e. The first-order valence-corrected chi connectivity index (χ1v) is 9.45. The Morgan fingerprint density at radius 2 is 2.19 bits per heavy atom. The van der Waals surface area contributed by atoms with Gasteiger partial charge in [-0.1, -0.05) is 12.1 Å². The van der Waals surface area contributed by atoms with Gasteiger partial charge >= 0.3 is 0 Å². The molecule has 0 fully saturated rings. The second kappa shape index (κ2) is 8.50. The van der Waals surface area contributed by atoms with E-state index in [-0.39, 0.29) is 6.04 Å². The number of aryl methyl sites for hydroxylation is 1. The van der Waals surface area contributed by atoms with Crippen LogP contribution in [0.1, 0.15) is 43.1 Å². The van der Waals surface area contributed by atoms with Gasteiger partial charge in [-0.3, -0.25) is 9.67 Å². The maximum Gasteiger partial charge on any atom is 0.191 e. The van der Waals surface area contributed by atoms with Crippen LogP contribution < -0.4 is 10.6 Å². The first-order valence-electron chi connectivity index (χ1n) is 9.45. The average molecular weight is 375 g/mol. The van der Waals surface area contributed by atoms with Gasteiger partial charge in [0.2, 0.25) is 0 Å². The Morgan fingerprint density at radius 1 is 1.37 bits per heavy atom. The lowest BCUT2D eigenvalue weighted by atomic mass is 9.94. The normalized spacial score (nSPS) is 17.1. The lowest BCUT2D eigenvalue weighted by molar-refractivity contribution is 0.495. The van der Waals surface area contributed by atoms with Crippen molar-refractivity contribution in [3.8, 4) is 0 Å². The van der Waals surface area contributed by atoms with Gasteiger partial charge in [0.05, 0.1) is 5.69 Å². The largest absolute Gasteiger partial charge is 0.356 e. The van der Waals surface area contributed by atoms with Crippen molar-refractivity contribution in [3.05, 3.63) is 52.9 Å². The SMILES string of the molecule is CN=C(NCCc1cccc(F)c1F)NC1CCc2cn(C(C)C)nc2C1. The second-order valence-corrected chi connectivity index (χ2v) is 7.22. The van der Waals surface area contributed by atoms with E-state index in [2.05, 4.69) is 35.7 Å². The molecule has 3 rings (SSSR count). The van der Waals surface area contributed by atoms with Crippen molar-refractivity contribution < 1.29 is 8.78 Å². The predicted molar refractivity (Wildman–Crippen MR) is 103 cm³/mol. The molecular formula is C20H27F2N5. The number of benzene rings is 1. The number of aromatic nitrogens is 2. The highest BCUT2D eigenvalue weighted by atomic mass is 19.2. The zero-order valence-electron chi connectivity index (χ0n) is 16.1. The van der Waals surface area contributed by atoms with Gasteiger partial charge in [0.1, 0.15) is 0 Å². The van der Waals surface area contributed by atoms with E-state index >= 15 is 0 Å². The van der Waals surface area contributed by atoms with Gasteiger partial charge < -0.3 is 10.6 Å². The first kappa shape index (κ1) is 19.3. The van der Waals surface area contributed by atoms with E-state index < -0.39 is 11.6 Å². The molecule has 0 bridgehead atoms. The third-order valence-corrected chi connectivity index (χ3v) is 4.91. The highest BCUT2D eigenvalue weighted by molar-refractivity contribution is 5.80. The van der Waals surface area contributed by atoms with Crippen molar-refractivity contribution in [2.45, 2.75) is 51.6 Å². The minimum Gasteiger partial charge on any atom is -0.356 e. The van der Waals surface area contributed by atoms with Crippen molar-refractivity contribution in [3.63, 3.8) is 0 Å². The standard InChI is InChI=1S/C20H27F2N5/c1-13(2)27-12-15-7-8-16(11-18(15)26-27)25-20(23-3)24-10-9-14-5-4-6-17(21)19(14)22/h4-6,12-13,16H,7-11H2,1-3H3,(H2,23,24,25). The molecule has 7 heteroatoms. The van der Waals surface area contributed by atoms with Crippen LogP contribution in [-0.2, 0) is 19.3 Å². The minimum absolute atomic E-state index is 0.255. The van der Waals surface area contributed by atoms with Crippen LogP contribution >= 0.6 is 0 Å². The van der Waals surface area contributed by atoms with Gasteiger partial charge in [-0.05, 0) is 50.3 Å². The number of nitrogens with one attached hydrogen (secondary N) is 2. The lowest BCUT2D eigenvalue weighted by Gasteiger charge is -2.24. The van der Waals surface area contributed by atoms with Gasteiger partial charge in [-0.25, -0.2) is 8.78 Å². The Balaban J connectivity index is 1.52. The molecular weight excluding hydrogens is 348 g/mol. The summed E-state index contributed by atoms with van der Waals surface area (Å²) in [6.45, 7) is 4.72. The summed E-state index contributed by atoms with van der Waals surface area (Å²) in [7, 11) is 1.71. The first-order chi connectivity index (χ1) is 13.0. The Bertz CT molecular complexity index is 813. The molecule has 0 amide bonds. The molecule has 0 aliphatic heterocycles. The maximum absolute atomic E-state index is 13.7. The van der Waals surface area contributed by atoms with Crippen LogP contribution in [0, 0.1) is 11.6 Å². The van der Waals surface area contributed by atoms with Gasteiger partial charge in [-0.15, -0.1) is 0 Å². The number of hydrogen-bond acceptors (Lipinski definition) is 2. The number of rotatable bonds is 5. The van der Waals surface area contributed by atoms with E-state index in [0.29, 0.717) is 30.5 Å². The minimum atomic E-state index is -0.811. The van der Waals surface area contributed by atoms with E-state index in [1.807, 2.05) is 4.68 Å². The quantitative estimate of drug-likeness (QED) is 0.624. The summed E-state index contributed by atoms with van der Waals surface area (Å²) in [5, 5.41) is 11.3. The van der Waals surface area contributed by atoms with E-state index in [4.69, 9.17) is 5.10 Å². The second-order valence-electron chi connectivity index (χ2n) is 7.22. The van der Waals surface area contributed by atoms with E-state index in [0.717, 1.165) is 31.0 Å². The molecule has 5 nitrogen and oxygen atoms in total. The van der Waals surface area contributed by atoms with Crippen LogP contribution in [0.15, 0.2) is 29.4 Å². The number of hydrogen-bond donors (Lipinski definition) is 2. The van der Waals surface area contributed by atoms with Crippen LogP contribution in [0.4, 0.5) is 8.78 Å². The summed E-state index contributed by atoms with van der Waals surface area (Å²) in [5.74, 6) is -0.916. The Kier molecular flexibility index (Phi) is 6.08. The molecule has 1 aliphatic rings. The molecule has 1 aliphatic carbocycles. The highest BCUT2D eigenvalue weighted by Gasteiger charge is 2.23. The number of nitrogens with zero attached hydrogens (tertiary/aromatic N) is 3. The van der Waals surface area contributed by atoms with Crippen molar-refractivity contribution in [2.75, 3.05) is 13.6 Å². The molecule has 0 radical (unpaired) electrons. The fourth-order valence-corrected chi connectivity index (χ4v) is 3.35. The summed E-state index contributed by atoms with van der Waals surface area (Å²) >= 11 is 0. The average Bonchev–Trinajstić information content (AvgIpc) is 3.08. The van der Waals surface area contributed by atoms with Crippen LogP contribution in [0.2, 0.25) is 0 Å². The molecule has 2 aromatic rings. The molecule has 0 spiro atoms. The lowest BCUT2D eigenvalue weighted by Crippen LogP contribution is -2.46. The molecule has 1 aromatic heterocycles. The Hall–Kier alpha value is -2.44. The monoisotopic (exact) mass is 375 g/mol. The summed E-state index contributed by atoms with van der Waals surface area (Å²) in [6.07, 6.45) is 5.39. The zero-order valence-corrected chi connectivity index (χ0v) is 16.1. The predicted octanol–water partition coefficient (Wildman–Crippen LogP) is 3.01. The molecule has 2 N–H and O–H groups in total. The van der Waals surface area contributed by atoms with Crippen LogP contribution in [0.3, 0.4) is 0 Å². The van der Waals surface area contributed by atoms with E-state index in [1.165, 1.54) is 11.6 Å². The third-order valence-electron chi connectivity index (χ3n) is 4.91. The van der Waals surface area contributed by atoms with Crippen LogP contribution in [-0.4, -0.2) is 35.4 Å². The van der Waals surface area contributed by atoms with Gasteiger partial charge in [0.15, 0.2) is 17.6 Å². The van der Waals surface area contributed by atoms with Gasteiger partial charge in [-0.2, -0.15) is 5.10 Å². The number of halogens is 2. The number of fused-ring (bicyclic) bond motifs is 1. The summed E-state index contributed by atoms with van der Waals surface area (Å²) in [4.78, 5) is 4.24. The fourth-order valence-electron chi connectivity index (χ4n) is 3.35. The molecule has 1 unspecified atom stereocenters. The van der Waals surface area contributed by atoms with Crippen molar-refractivity contribution in [1.82, 2.24) is 20.4 Å². The number of guanidine groups is 1. The topological polar surface area (TPSA) is 54.2 Å². The molecule has 0 saturated carbocycles. The van der Waals surface area contributed by atoms with Crippen LogP contribution in [0.5, 0.6) is 0 Å². The molecule has 27 heavy (non-hydrogen) atoms. The summed E-state index contributed by atoms with van der Waals surface area (Å²) < 4.78 is 29.0. The Labute approximate surface area is 158 Å². The van der Waals surface area contributed by atoms with E-state index in [9.17, 15) is 8.78 Å². The summed E-state index contributed by atoms with van der Waals surface area (Å²) in [5.41, 5.74) is 2.83. The van der Waals surface area contributed by atoms with Crippen molar-refractivity contribution in [1.29, 1.82) is 0 Å². The molecule has 1 aromatic carbocycles. The fraction of sp³-hybridized carbons (Fsp3) is 0.500. The van der Waals surface area contributed by atoms with Crippen LogP contribution in [0.25, 0.3) is 0 Å². The number of aliphatic imine (C=N–C) groups is 1. The summed E-state index contributed by atoms with van der Waals surface area (Å²) in [6, 6.07) is 4.87. The molecule has 146 valence electrons. The Morgan fingerprint density at radius 3 is 2.93 bits per heavy atom. The van der Waals surface area contributed by atoms with Crippen molar-refractivity contribution >= 4 is 5.96 Å². The van der Waals surface area contributed by atoms with Gasteiger partial charge in [0.25, 0.3) is 0 Å². The van der Waals surface area contributed by atoms with E-state index in [1.54, 1.807) is 13.1 Å². The zero-order chi connectivity index (χ0) is 19.4. The molecule has 1 heterocycles.